The summed E-state index contributed by atoms with van der Waals surface area (Å²) >= 11 is 0. The van der Waals surface area contributed by atoms with Crippen molar-refractivity contribution in [1.82, 2.24) is 10.3 Å². The third kappa shape index (κ3) is 8.42. The van der Waals surface area contributed by atoms with Crippen molar-refractivity contribution in [1.29, 1.82) is 0 Å². The van der Waals surface area contributed by atoms with Gasteiger partial charge in [0, 0.05) is 48.7 Å². The van der Waals surface area contributed by atoms with Crippen molar-refractivity contribution >= 4 is 23.1 Å². The van der Waals surface area contributed by atoms with Gasteiger partial charge in [-0.1, -0.05) is 46.8 Å². The zero-order valence-electron chi connectivity index (χ0n) is 23.3. The third-order valence-electron chi connectivity index (χ3n) is 6.49. The fourth-order valence-corrected chi connectivity index (χ4v) is 4.35. The summed E-state index contributed by atoms with van der Waals surface area (Å²) in [5, 5.41) is 2.88. The number of aliphatic imine (C=N–C) groups is 1. The highest BCUT2D eigenvalue weighted by atomic mass is 19.1. The van der Waals surface area contributed by atoms with Gasteiger partial charge < -0.3 is 10.2 Å². The van der Waals surface area contributed by atoms with E-state index in [1.165, 1.54) is 6.20 Å². The second-order valence-corrected chi connectivity index (χ2v) is 9.64. The molecule has 0 bridgehead atoms. The maximum atomic E-state index is 15.2. The SMILES string of the molecule is C#C[C@@H](C)CN(CCC)c1cc(CCC)cc(/C(C)=C(/C(=NC=C)NC(=O)C2=C[CH]2)[C@@H](C)C(F)CC)n1. The molecule has 37 heavy (non-hydrogen) atoms. The fraction of sp³-hybridized carbons (Fsp3) is 0.484. The Kier molecular flexibility index (Phi) is 11.8. The van der Waals surface area contributed by atoms with E-state index in [2.05, 4.69) is 53.7 Å². The minimum Gasteiger partial charge on any atom is -0.355 e. The number of hydrogen-bond acceptors (Lipinski definition) is 4. The molecule has 0 spiro atoms. The average molecular weight is 506 g/mol. The maximum absolute atomic E-state index is 15.2. The fourth-order valence-electron chi connectivity index (χ4n) is 4.35. The number of aryl methyl sites for hydroxylation is 1. The number of alkyl halides is 1. The molecule has 1 aliphatic rings. The molecule has 1 aromatic heterocycles. The number of anilines is 1. The van der Waals surface area contributed by atoms with E-state index in [-0.39, 0.29) is 11.8 Å². The number of nitrogens with one attached hydrogen (secondary N) is 1. The predicted octanol–water partition coefficient (Wildman–Crippen LogP) is 6.48. The molecule has 0 saturated carbocycles. The minimum atomic E-state index is -1.12. The van der Waals surface area contributed by atoms with E-state index < -0.39 is 12.1 Å². The van der Waals surface area contributed by atoms with Crippen LogP contribution in [0.5, 0.6) is 0 Å². The van der Waals surface area contributed by atoms with Crippen LogP contribution in [0.1, 0.15) is 72.1 Å². The summed E-state index contributed by atoms with van der Waals surface area (Å²) in [5.41, 5.74) is 3.87. The van der Waals surface area contributed by atoms with Gasteiger partial charge in [0.15, 0.2) is 0 Å². The lowest BCUT2D eigenvalue weighted by atomic mass is 9.88. The summed E-state index contributed by atoms with van der Waals surface area (Å²) in [5.74, 6) is 3.27. The number of carbonyl (C=O) groups is 1. The van der Waals surface area contributed by atoms with Crippen LogP contribution in [0.25, 0.3) is 5.57 Å². The molecular weight excluding hydrogens is 463 g/mol. The summed E-state index contributed by atoms with van der Waals surface area (Å²) in [6.07, 6.45) is 12.6. The van der Waals surface area contributed by atoms with Crippen LogP contribution in [0, 0.1) is 30.6 Å². The Hall–Kier alpha value is -3.20. The number of hydrogen-bond donors (Lipinski definition) is 1. The number of rotatable bonds is 14. The van der Waals surface area contributed by atoms with Crippen molar-refractivity contribution in [2.75, 3.05) is 18.0 Å². The highest BCUT2D eigenvalue weighted by molar-refractivity contribution is 6.17. The number of aromatic nitrogens is 1. The summed E-state index contributed by atoms with van der Waals surface area (Å²) in [6, 6.07) is 4.19. The largest absolute Gasteiger partial charge is 0.355 e. The molecule has 0 fully saturated rings. The van der Waals surface area contributed by atoms with Gasteiger partial charge in [-0.15, -0.1) is 12.3 Å². The molecule has 1 amide bonds. The smallest absolute Gasteiger partial charge is 0.253 e. The second-order valence-electron chi connectivity index (χ2n) is 9.64. The average Bonchev–Trinajstić information content (AvgIpc) is 3.73. The molecule has 5 nitrogen and oxygen atoms in total. The zero-order valence-corrected chi connectivity index (χ0v) is 23.3. The molecule has 0 aliphatic heterocycles. The van der Waals surface area contributed by atoms with Crippen molar-refractivity contribution in [2.24, 2.45) is 16.8 Å². The van der Waals surface area contributed by atoms with Gasteiger partial charge in [-0.05, 0) is 56.4 Å². The molecule has 2 rings (SSSR count). The lowest BCUT2D eigenvalue weighted by Crippen LogP contribution is -2.35. The standard InChI is InChI=1S/C31H42FN4O/c1-9-14-24-18-27(34-28(19-24)36(17-10-2)20-21(6)11-3)23(8)29(22(7)26(32)12-4)30(33-13-5)35-31(37)25-15-16-25/h3,13,15-16,18-19,21-22,26H,5,9-10,12,14,17,20H2,1-2,4,6-8H3,(H,33,35,37)/b29-23+/t21-,22+,26?/m1/s1. The number of carbonyl (C=O) groups excluding carboxylic acids is 1. The normalized spacial score (nSPS) is 16.1. The molecule has 1 heterocycles. The van der Waals surface area contributed by atoms with E-state index in [4.69, 9.17) is 11.4 Å². The van der Waals surface area contributed by atoms with Crippen molar-refractivity contribution in [3.63, 3.8) is 0 Å². The Morgan fingerprint density at radius 1 is 1.30 bits per heavy atom. The van der Waals surface area contributed by atoms with Gasteiger partial charge in [-0.3, -0.25) is 4.79 Å². The molecule has 6 heteroatoms. The Labute approximate surface area is 223 Å². The van der Waals surface area contributed by atoms with Crippen LogP contribution in [-0.2, 0) is 11.2 Å². The van der Waals surface area contributed by atoms with Gasteiger partial charge in [0.1, 0.15) is 17.8 Å². The van der Waals surface area contributed by atoms with Gasteiger partial charge in [-0.25, -0.2) is 14.4 Å². The van der Waals surface area contributed by atoms with E-state index in [0.717, 1.165) is 48.5 Å². The molecule has 1 unspecified atom stereocenters. The molecule has 1 aromatic rings. The summed E-state index contributed by atoms with van der Waals surface area (Å²) in [7, 11) is 0. The van der Waals surface area contributed by atoms with Crippen molar-refractivity contribution in [3.8, 4) is 12.3 Å². The highest BCUT2D eigenvalue weighted by Gasteiger charge is 2.28. The van der Waals surface area contributed by atoms with Crippen LogP contribution < -0.4 is 10.2 Å². The Morgan fingerprint density at radius 2 is 2.00 bits per heavy atom. The Bertz CT molecular complexity index is 1090. The van der Waals surface area contributed by atoms with E-state index in [1.807, 2.05) is 27.7 Å². The van der Waals surface area contributed by atoms with E-state index in [1.54, 1.807) is 12.5 Å². The second kappa shape index (κ2) is 14.5. The Morgan fingerprint density at radius 3 is 2.54 bits per heavy atom. The quantitative estimate of drug-likeness (QED) is 0.179. The molecular formula is C31H42FN4O. The van der Waals surface area contributed by atoms with Crippen LogP contribution in [0.2, 0.25) is 0 Å². The summed E-state index contributed by atoms with van der Waals surface area (Å²) in [4.78, 5) is 24.3. The molecule has 1 radical (unpaired) electrons. The van der Waals surface area contributed by atoms with Gasteiger partial charge in [0.2, 0.25) is 0 Å². The first-order valence-electron chi connectivity index (χ1n) is 13.3. The molecule has 3 atom stereocenters. The van der Waals surface area contributed by atoms with Gasteiger partial charge >= 0.3 is 0 Å². The summed E-state index contributed by atoms with van der Waals surface area (Å²) < 4.78 is 15.2. The third-order valence-corrected chi connectivity index (χ3v) is 6.49. The first-order chi connectivity index (χ1) is 17.7. The number of allylic oxidation sites excluding steroid dienone is 2. The van der Waals surface area contributed by atoms with Gasteiger partial charge in [0.05, 0.1) is 5.69 Å². The van der Waals surface area contributed by atoms with E-state index >= 15 is 4.39 Å². The van der Waals surface area contributed by atoms with Crippen molar-refractivity contribution < 1.29 is 9.18 Å². The highest BCUT2D eigenvalue weighted by Crippen LogP contribution is 2.31. The summed E-state index contributed by atoms with van der Waals surface area (Å²) in [6.45, 7) is 17.1. The number of terminal acetylenes is 1. The molecule has 199 valence electrons. The van der Waals surface area contributed by atoms with Crippen molar-refractivity contribution in [3.05, 3.63) is 59.8 Å². The van der Waals surface area contributed by atoms with Gasteiger partial charge in [0.25, 0.3) is 5.91 Å². The monoisotopic (exact) mass is 505 g/mol. The predicted molar refractivity (Wildman–Crippen MR) is 154 cm³/mol. The Balaban J connectivity index is 2.73. The molecule has 0 aromatic carbocycles. The van der Waals surface area contributed by atoms with E-state index in [9.17, 15) is 4.79 Å². The van der Waals surface area contributed by atoms with Crippen LogP contribution in [0.4, 0.5) is 10.2 Å². The van der Waals surface area contributed by atoms with Crippen LogP contribution >= 0.6 is 0 Å². The number of halogens is 1. The minimum absolute atomic E-state index is 0.0748. The van der Waals surface area contributed by atoms with E-state index in [0.29, 0.717) is 29.9 Å². The lowest BCUT2D eigenvalue weighted by molar-refractivity contribution is -0.115. The van der Waals surface area contributed by atoms with Crippen LogP contribution in [-0.4, -0.2) is 36.0 Å². The molecule has 0 saturated heterocycles. The molecule has 1 aliphatic carbocycles. The number of nitrogens with zero attached hydrogens (tertiary/aromatic N) is 3. The first kappa shape index (κ1) is 30.0. The number of pyridine rings is 1. The number of amidine groups is 1. The zero-order chi connectivity index (χ0) is 27.5. The van der Waals surface area contributed by atoms with Crippen LogP contribution in [0.15, 0.2) is 47.1 Å². The topological polar surface area (TPSA) is 57.6 Å². The lowest BCUT2D eigenvalue weighted by Gasteiger charge is -2.27. The van der Waals surface area contributed by atoms with Crippen molar-refractivity contribution in [2.45, 2.75) is 73.4 Å². The first-order valence-corrected chi connectivity index (χ1v) is 13.3. The number of amides is 1. The molecule has 1 N–H and O–H groups in total. The van der Waals surface area contributed by atoms with Crippen LogP contribution in [0.3, 0.4) is 0 Å². The van der Waals surface area contributed by atoms with Gasteiger partial charge in [-0.2, -0.15) is 0 Å². The maximum Gasteiger partial charge on any atom is 0.253 e.